The molecule has 1 aliphatic heterocycles. The van der Waals surface area contributed by atoms with Crippen molar-refractivity contribution in [1.82, 2.24) is 14.7 Å². The first-order chi connectivity index (χ1) is 9.06. The van der Waals surface area contributed by atoms with Gasteiger partial charge in [0.05, 0.1) is 18.4 Å². The van der Waals surface area contributed by atoms with E-state index in [-0.39, 0.29) is 11.9 Å². The van der Waals surface area contributed by atoms with Crippen molar-refractivity contribution in [3.05, 3.63) is 17.5 Å². The third kappa shape index (κ3) is 2.47. The zero-order chi connectivity index (χ0) is 14.0. The van der Waals surface area contributed by atoms with Gasteiger partial charge < -0.3 is 9.64 Å². The van der Waals surface area contributed by atoms with Crippen molar-refractivity contribution in [2.75, 3.05) is 13.2 Å². The first-order valence-corrected chi connectivity index (χ1v) is 6.52. The van der Waals surface area contributed by atoms with Crippen molar-refractivity contribution in [2.45, 2.75) is 32.7 Å². The molecule has 0 saturated carbocycles. The molecular formula is C13H19N3O3. The van der Waals surface area contributed by atoms with E-state index in [4.69, 9.17) is 4.74 Å². The molecule has 0 N–H and O–H groups in total. The van der Waals surface area contributed by atoms with E-state index in [1.54, 1.807) is 29.7 Å². The van der Waals surface area contributed by atoms with E-state index in [0.717, 1.165) is 12.1 Å². The van der Waals surface area contributed by atoms with Gasteiger partial charge in [-0.3, -0.25) is 9.48 Å². The number of likely N-dealkylation sites (tertiary alicyclic amines) is 1. The maximum absolute atomic E-state index is 12.5. The van der Waals surface area contributed by atoms with Gasteiger partial charge in [0.2, 0.25) is 0 Å². The summed E-state index contributed by atoms with van der Waals surface area (Å²) in [5.41, 5.74) is 1.36. The van der Waals surface area contributed by atoms with Gasteiger partial charge in [0.25, 0.3) is 5.91 Å². The lowest BCUT2D eigenvalue weighted by molar-refractivity contribution is -0.147. The zero-order valence-electron chi connectivity index (χ0n) is 11.5. The van der Waals surface area contributed by atoms with Crippen LogP contribution in [0.2, 0.25) is 0 Å². The molecule has 0 bridgehead atoms. The number of carbonyl (C=O) groups is 2. The minimum absolute atomic E-state index is 0.138. The van der Waals surface area contributed by atoms with Gasteiger partial charge in [-0.05, 0) is 26.7 Å². The van der Waals surface area contributed by atoms with E-state index in [0.29, 0.717) is 25.1 Å². The quantitative estimate of drug-likeness (QED) is 0.762. The number of esters is 1. The maximum atomic E-state index is 12.5. The van der Waals surface area contributed by atoms with Crippen molar-refractivity contribution in [2.24, 2.45) is 7.05 Å². The largest absolute Gasteiger partial charge is 0.464 e. The van der Waals surface area contributed by atoms with Gasteiger partial charge in [0.1, 0.15) is 6.04 Å². The van der Waals surface area contributed by atoms with Gasteiger partial charge in [0, 0.05) is 19.3 Å². The van der Waals surface area contributed by atoms with E-state index in [1.807, 2.05) is 6.92 Å². The second-order valence-electron chi connectivity index (χ2n) is 4.68. The van der Waals surface area contributed by atoms with Crippen LogP contribution in [-0.4, -0.2) is 45.8 Å². The summed E-state index contributed by atoms with van der Waals surface area (Å²) in [7, 11) is 1.79. The number of hydrogen-bond acceptors (Lipinski definition) is 4. The molecule has 19 heavy (non-hydrogen) atoms. The summed E-state index contributed by atoms with van der Waals surface area (Å²) < 4.78 is 6.68. The summed E-state index contributed by atoms with van der Waals surface area (Å²) >= 11 is 0. The molecular weight excluding hydrogens is 246 g/mol. The summed E-state index contributed by atoms with van der Waals surface area (Å²) in [4.78, 5) is 25.9. The molecule has 0 aliphatic carbocycles. The molecule has 1 saturated heterocycles. The summed E-state index contributed by atoms with van der Waals surface area (Å²) in [5.74, 6) is -0.448. The Kier molecular flexibility index (Phi) is 3.87. The SMILES string of the molecule is CCOC(=O)C1CCCN1C(=O)c1cnn(C)c1C. The van der Waals surface area contributed by atoms with Crippen LogP contribution in [0.3, 0.4) is 0 Å². The zero-order valence-corrected chi connectivity index (χ0v) is 11.5. The van der Waals surface area contributed by atoms with Crippen LogP contribution in [0.5, 0.6) is 0 Å². The third-order valence-corrected chi connectivity index (χ3v) is 3.54. The van der Waals surface area contributed by atoms with Crippen LogP contribution < -0.4 is 0 Å². The summed E-state index contributed by atoms with van der Waals surface area (Å²) in [6.45, 7) is 4.54. The number of hydrogen-bond donors (Lipinski definition) is 0. The fraction of sp³-hybridized carbons (Fsp3) is 0.615. The average molecular weight is 265 g/mol. The molecule has 104 valence electrons. The predicted molar refractivity (Wildman–Crippen MR) is 68.6 cm³/mol. The van der Waals surface area contributed by atoms with Crippen molar-refractivity contribution in [3.8, 4) is 0 Å². The molecule has 1 aromatic rings. The first kappa shape index (κ1) is 13.6. The van der Waals surface area contributed by atoms with Crippen molar-refractivity contribution < 1.29 is 14.3 Å². The van der Waals surface area contributed by atoms with Gasteiger partial charge in [-0.1, -0.05) is 0 Å². The Hall–Kier alpha value is -1.85. The number of rotatable bonds is 3. The van der Waals surface area contributed by atoms with Gasteiger partial charge in [0.15, 0.2) is 0 Å². The number of nitrogens with zero attached hydrogens (tertiary/aromatic N) is 3. The molecule has 1 aromatic heterocycles. The van der Waals surface area contributed by atoms with Crippen LogP contribution in [0.4, 0.5) is 0 Å². The fourth-order valence-corrected chi connectivity index (χ4v) is 2.36. The second kappa shape index (κ2) is 5.42. The lowest BCUT2D eigenvalue weighted by Crippen LogP contribution is -2.41. The number of aryl methyl sites for hydroxylation is 1. The minimum Gasteiger partial charge on any atom is -0.464 e. The van der Waals surface area contributed by atoms with E-state index in [9.17, 15) is 9.59 Å². The summed E-state index contributed by atoms with van der Waals surface area (Å²) in [6, 6.07) is -0.452. The highest BCUT2D eigenvalue weighted by atomic mass is 16.5. The Bertz CT molecular complexity index is 495. The molecule has 0 aromatic carbocycles. The topological polar surface area (TPSA) is 64.4 Å². The van der Waals surface area contributed by atoms with Crippen molar-refractivity contribution >= 4 is 11.9 Å². The number of amides is 1. The van der Waals surface area contributed by atoms with Gasteiger partial charge in [-0.25, -0.2) is 4.79 Å². The molecule has 2 heterocycles. The number of carbonyl (C=O) groups excluding carboxylic acids is 2. The predicted octanol–water partition coefficient (Wildman–Crippen LogP) is 0.896. The van der Waals surface area contributed by atoms with Crippen molar-refractivity contribution in [1.29, 1.82) is 0 Å². The van der Waals surface area contributed by atoms with Gasteiger partial charge >= 0.3 is 5.97 Å². The molecule has 6 nitrogen and oxygen atoms in total. The summed E-state index contributed by atoms with van der Waals surface area (Å²) in [5, 5.41) is 4.07. The van der Waals surface area contributed by atoms with E-state index in [2.05, 4.69) is 5.10 Å². The van der Waals surface area contributed by atoms with E-state index < -0.39 is 6.04 Å². The highest BCUT2D eigenvalue weighted by molar-refractivity contribution is 5.97. The van der Waals surface area contributed by atoms with Crippen LogP contribution in [-0.2, 0) is 16.6 Å². The normalized spacial score (nSPS) is 18.7. The Labute approximate surface area is 112 Å². The molecule has 1 atom stereocenters. The lowest BCUT2D eigenvalue weighted by atomic mass is 10.2. The van der Waals surface area contributed by atoms with Gasteiger partial charge in [-0.2, -0.15) is 5.10 Å². The van der Waals surface area contributed by atoms with Crippen LogP contribution in [0.25, 0.3) is 0 Å². The molecule has 6 heteroatoms. The van der Waals surface area contributed by atoms with Crippen LogP contribution in [0, 0.1) is 6.92 Å². The fourth-order valence-electron chi connectivity index (χ4n) is 2.36. The standard InChI is InChI=1S/C13H19N3O3/c1-4-19-13(18)11-6-5-7-16(11)12(17)10-8-14-15(3)9(10)2/h8,11H,4-7H2,1-3H3. The smallest absolute Gasteiger partial charge is 0.328 e. The molecule has 1 amide bonds. The number of aromatic nitrogens is 2. The molecule has 1 fully saturated rings. The van der Waals surface area contributed by atoms with Crippen LogP contribution in [0.1, 0.15) is 35.8 Å². The minimum atomic E-state index is -0.452. The van der Waals surface area contributed by atoms with Crippen molar-refractivity contribution in [3.63, 3.8) is 0 Å². The molecule has 2 rings (SSSR count). The van der Waals surface area contributed by atoms with Crippen LogP contribution >= 0.6 is 0 Å². The Morgan fingerprint density at radius 2 is 2.26 bits per heavy atom. The molecule has 0 spiro atoms. The average Bonchev–Trinajstić information content (AvgIpc) is 2.98. The summed E-state index contributed by atoms with van der Waals surface area (Å²) in [6.07, 6.45) is 3.05. The lowest BCUT2D eigenvalue weighted by Gasteiger charge is -2.22. The Morgan fingerprint density at radius 3 is 2.84 bits per heavy atom. The Morgan fingerprint density at radius 1 is 1.53 bits per heavy atom. The third-order valence-electron chi connectivity index (χ3n) is 3.54. The maximum Gasteiger partial charge on any atom is 0.328 e. The highest BCUT2D eigenvalue weighted by Gasteiger charge is 2.36. The molecule has 1 unspecified atom stereocenters. The molecule has 0 radical (unpaired) electrons. The number of ether oxygens (including phenoxy) is 1. The van der Waals surface area contributed by atoms with Crippen LogP contribution in [0.15, 0.2) is 6.20 Å². The molecule has 1 aliphatic rings. The second-order valence-corrected chi connectivity index (χ2v) is 4.68. The van der Waals surface area contributed by atoms with E-state index in [1.165, 1.54) is 0 Å². The Balaban J connectivity index is 2.18. The highest BCUT2D eigenvalue weighted by Crippen LogP contribution is 2.22. The first-order valence-electron chi connectivity index (χ1n) is 6.52. The van der Waals surface area contributed by atoms with E-state index >= 15 is 0 Å². The van der Waals surface area contributed by atoms with Gasteiger partial charge in [-0.15, -0.1) is 0 Å². The monoisotopic (exact) mass is 265 g/mol.